The fraction of sp³-hybridized carbons (Fsp3) is 0.600. The van der Waals surface area contributed by atoms with Crippen LogP contribution in [0.1, 0.15) is 32.1 Å². The summed E-state index contributed by atoms with van der Waals surface area (Å²) in [5.74, 6) is 1.67. The van der Waals surface area contributed by atoms with Crippen LogP contribution in [0.3, 0.4) is 0 Å². The smallest absolute Gasteiger partial charge is 0.292 e. The van der Waals surface area contributed by atoms with E-state index in [9.17, 15) is 10.1 Å². The van der Waals surface area contributed by atoms with Crippen LogP contribution in [0.4, 0.5) is 17.1 Å². The summed E-state index contributed by atoms with van der Waals surface area (Å²) in [6.07, 6.45) is 6.66. The van der Waals surface area contributed by atoms with E-state index in [0.29, 0.717) is 0 Å². The molecular formula is C15H21N3O2. The normalized spacial score (nSPS) is 26.1. The monoisotopic (exact) mass is 275 g/mol. The van der Waals surface area contributed by atoms with Crippen LogP contribution in [-0.4, -0.2) is 18.0 Å². The standard InChI is InChI=1S/C15H21N3O2/c16-14-9-13(5-6-15(14)18(19)20)17-8-7-11-3-1-2-4-12(11)10-17/h5-6,9,11-12H,1-4,7-8,10,16H2. The molecule has 5 nitrogen and oxygen atoms in total. The molecular weight excluding hydrogens is 254 g/mol. The van der Waals surface area contributed by atoms with Gasteiger partial charge in [-0.05, 0) is 36.8 Å². The van der Waals surface area contributed by atoms with E-state index >= 15 is 0 Å². The van der Waals surface area contributed by atoms with Crippen molar-refractivity contribution in [3.63, 3.8) is 0 Å². The molecule has 1 aliphatic heterocycles. The second kappa shape index (κ2) is 5.31. The molecule has 0 amide bonds. The molecule has 3 rings (SSSR count). The molecule has 2 N–H and O–H groups in total. The Morgan fingerprint density at radius 1 is 1.20 bits per heavy atom. The summed E-state index contributed by atoms with van der Waals surface area (Å²) >= 11 is 0. The Bertz CT molecular complexity index is 518. The maximum absolute atomic E-state index is 10.8. The molecule has 1 aliphatic carbocycles. The molecule has 1 aromatic rings. The Morgan fingerprint density at radius 2 is 1.95 bits per heavy atom. The number of fused-ring (bicyclic) bond motifs is 1. The first-order valence-corrected chi connectivity index (χ1v) is 7.44. The lowest BCUT2D eigenvalue weighted by Crippen LogP contribution is -2.41. The van der Waals surface area contributed by atoms with Gasteiger partial charge in [-0.3, -0.25) is 10.1 Å². The van der Waals surface area contributed by atoms with Crippen molar-refractivity contribution in [1.82, 2.24) is 0 Å². The van der Waals surface area contributed by atoms with E-state index in [1.807, 2.05) is 6.07 Å². The molecule has 0 bridgehead atoms. The molecule has 2 atom stereocenters. The van der Waals surface area contributed by atoms with Crippen LogP contribution >= 0.6 is 0 Å². The number of benzene rings is 1. The summed E-state index contributed by atoms with van der Waals surface area (Å²) in [4.78, 5) is 12.7. The van der Waals surface area contributed by atoms with Gasteiger partial charge in [0.1, 0.15) is 5.69 Å². The maximum atomic E-state index is 10.8. The zero-order chi connectivity index (χ0) is 14.1. The van der Waals surface area contributed by atoms with E-state index in [-0.39, 0.29) is 11.4 Å². The number of nitro benzene ring substituents is 1. The van der Waals surface area contributed by atoms with Gasteiger partial charge in [-0.25, -0.2) is 0 Å². The van der Waals surface area contributed by atoms with Crippen molar-refractivity contribution in [2.45, 2.75) is 32.1 Å². The van der Waals surface area contributed by atoms with Crippen molar-refractivity contribution < 1.29 is 4.92 Å². The lowest BCUT2D eigenvalue weighted by molar-refractivity contribution is -0.383. The van der Waals surface area contributed by atoms with Gasteiger partial charge in [-0.1, -0.05) is 19.3 Å². The molecule has 0 radical (unpaired) electrons. The van der Waals surface area contributed by atoms with E-state index < -0.39 is 4.92 Å². The lowest BCUT2D eigenvalue weighted by Gasteiger charge is -2.42. The number of anilines is 2. The molecule has 1 saturated carbocycles. The largest absolute Gasteiger partial charge is 0.393 e. The Labute approximate surface area is 118 Å². The molecule has 2 aliphatic rings. The van der Waals surface area contributed by atoms with E-state index in [1.54, 1.807) is 6.07 Å². The van der Waals surface area contributed by atoms with Crippen molar-refractivity contribution in [3.8, 4) is 0 Å². The lowest BCUT2D eigenvalue weighted by atomic mass is 9.75. The number of nitrogen functional groups attached to an aromatic ring is 1. The number of hydrogen-bond acceptors (Lipinski definition) is 4. The predicted molar refractivity (Wildman–Crippen MR) is 79.8 cm³/mol. The fourth-order valence-electron chi connectivity index (χ4n) is 3.74. The SMILES string of the molecule is Nc1cc(N2CCC3CCCCC3C2)ccc1[N+](=O)[O-]. The van der Waals surface area contributed by atoms with Crippen molar-refractivity contribution in [3.05, 3.63) is 28.3 Å². The fourth-order valence-corrected chi connectivity index (χ4v) is 3.74. The van der Waals surface area contributed by atoms with Crippen molar-refractivity contribution >= 4 is 17.1 Å². The zero-order valence-corrected chi connectivity index (χ0v) is 11.6. The molecule has 5 heteroatoms. The van der Waals surface area contributed by atoms with Crippen LogP contribution in [0.5, 0.6) is 0 Å². The van der Waals surface area contributed by atoms with Gasteiger partial charge in [0.15, 0.2) is 0 Å². The van der Waals surface area contributed by atoms with Crippen molar-refractivity contribution in [1.29, 1.82) is 0 Å². The first-order chi connectivity index (χ1) is 9.65. The van der Waals surface area contributed by atoms with Crippen LogP contribution in [0.25, 0.3) is 0 Å². The number of nitro groups is 1. The van der Waals surface area contributed by atoms with Crippen LogP contribution < -0.4 is 10.6 Å². The van der Waals surface area contributed by atoms with Crippen molar-refractivity contribution in [2.24, 2.45) is 11.8 Å². The summed E-state index contributed by atoms with van der Waals surface area (Å²) in [5, 5.41) is 10.8. The third kappa shape index (κ3) is 2.44. The molecule has 20 heavy (non-hydrogen) atoms. The van der Waals surface area contributed by atoms with Crippen LogP contribution in [0.2, 0.25) is 0 Å². The van der Waals surface area contributed by atoms with Crippen molar-refractivity contribution in [2.75, 3.05) is 23.7 Å². The number of rotatable bonds is 2. The third-order valence-corrected chi connectivity index (χ3v) is 4.86. The Morgan fingerprint density at radius 3 is 2.65 bits per heavy atom. The third-order valence-electron chi connectivity index (χ3n) is 4.86. The molecule has 1 heterocycles. The highest BCUT2D eigenvalue weighted by atomic mass is 16.6. The number of nitrogens with two attached hydrogens (primary N) is 1. The van der Waals surface area contributed by atoms with Gasteiger partial charge < -0.3 is 10.6 Å². The van der Waals surface area contributed by atoms with Crippen LogP contribution in [0, 0.1) is 22.0 Å². The zero-order valence-electron chi connectivity index (χ0n) is 11.6. The molecule has 2 fully saturated rings. The quantitative estimate of drug-likeness (QED) is 0.511. The summed E-state index contributed by atoms with van der Waals surface area (Å²) in [7, 11) is 0. The van der Waals surface area contributed by atoms with E-state index in [4.69, 9.17) is 5.73 Å². The minimum Gasteiger partial charge on any atom is -0.393 e. The number of hydrogen-bond donors (Lipinski definition) is 1. The minimum absolute atomic E-state index is 0.00121. The summed E-state index contributed by atoms with van der Waals surface area (Å²) in [6, 6.07) is 5.11. The molecule has 0 aromatic heterocycles. The van der Waals surface area contributed by atoms with E-state index in [1.165, 1.54) is 38.2 Å². The van der Waals surface area contributed by atoms with E-state index in [0.717, 1.165) is 30.6 Å². The van der Waals surface area contributed by atoms with Gasteiger partial charge in [0.05, 0.1) is 4.92 Å². The highest BCUT2D eigenvalue weighted by Gasteiger charge is 2.31. The number of nitrogens with zero attached hydrogens (tertiary/aromatic N) is 2. The average Bonchev–Trinajstić information content (AvgIpc) is 2.46. The second-order valence-corrected chi connectivity index (χ2v) is 6.04. The molecule has 1 saturated heterocycles. The van der Waals surface area contributed by atoms with Gasteiger partial charge in [-0.2, -0.15) is 0 Å². The highest BCUT2D eigenvalue weighted by molar-refractivity contribution is 5.66. The predicted octanol–water partition coefficient (Wildman–Crippen LogP) is 3.19. The van der Waals surface area contributed by atoms with Crippen LogP contribution in [-0.2, 0) is 0 Å². The number of piperidine rings is 1. The molecule has 1 aromatic carbocycles. The summed E-state index contributed by atoms with van der Waals surface area (Å²) < 4.78 is 0. The van der Waals surface area contributed by atoms with Crippen LogP contribution in [0.15, 0.2) is 18.2 Å². The van der Waals surface area contributed by atoms with Gasteiger partial charge in [0, 0.05) is 24.8 Å². The van der Waals surface area contributed by atoms with Gasteiger partial charge in [0.25, 0.3) is 5.69 Å². The first-order valence-electron chi connectivity index (χ1n) is 7.44. The second-order valence-electron chi connectivity index (χ2n) is 6.04. The van der Waals surface area contributed by atoms with Gasteiger partial charge in [0.2, 0.25) is 0 Å². The maximum Gasteiger partial charge on any atom is 0.292 e. The molecule has 108 valence electrons. The average molecular weight is 275 g/mol. The Balaban J connectivity index is 1.76. The van der Waals surface area contributed by atoms with E-state index in [2.05, 4.69) is 4.90 Å². The minimum atomic E-state index is -0.424. The van der Waals surface area contributed by atoms with Gasteiger partial charge in [-0.15, -0.1) is 0 Å². The Hall–Kier alpha value is -1.78. The first kappa shape index (κ1) is 13.2. The summed E-state index contributed by atoms with van der Waals surface area (Å²) in [6.45, 7) is 2.11. The Kier molecular flexibility index (Phi) is 3.51. The van der Waals surface area contributed by atoms with Gasteiger partial charge >= 0.3 is 0 Å². The highest BCUT2D eigenvalue weighted by Crippen LogP contribution is 2.38. The molecule has 2 unspecified atom stereocenters. The molecule has 0 spiro atoms. The summed E-state index contributed by atoms with van der Waals surface area (Å²) in [5.41, 5.74) is 7.08. The topological polar surface area (TPSA) is 72.4 Å².